The van der Waals surface area contributed by atoms with Gasteiger partial charge < -0.3 is 4.55 Å². The summed E-state index contributed by atoms with van der Waals surface area (Å²) in [6.45, 7) is 4.08. The Balaban J connectivity index is 1.71. The molecule has 23 heavy (non-hydrogen) atoms. The van der Waals surface area contributed by atoms with E-state index in [2.05, 4.69) is 16.9 Å². The minimum atomic E-state index is -1.22. The molecule has 0 aromatic heterocycles. The summed E-state index contributed by atoms with van der Waals surface area (Å²) in [6, 6.07) is 14.5. The van der Waals surface area contributed by atoms with Crippen LogP contribution in [0.1, 0.15) is 54.7 Å². The molecule has 0 amide bonds. The van der Waals surface area contributed by atoms with Crippen LogP contribution in [0.4, 0.5) is 5.69 Å². The second kappa shape index (κ2) is 7.41. The van der Waals surface area contributed by atoms with E-state index in [1.165, 1.54) is 37.7 Å². The predicted octanol–water partition coefficient (Wildman–Crippen LogP) is 5.49. The first-order chi connectivity index (χ1) is 11.1. The van der Waals surface area contributed by atoms with Gasteiger partial charge in [0.05, 0.1) is 5.69 Å². The van der Waals surface area contributed by atoms with Crippen molar-refractivity contribution >= 4 is 17.0 Å². The highest BCUT2D eigenvalue weighted by Crippen LogP contribution is 2.33. The van der Waals surface area contributed by atoms with Crippen molar-refractivity contribution in [2.75, 3.05) is 4.72 Å². The van der Waals surface area contributed by atoms with Crippen LogP contribution in [-0.4, -0.2) is 4.55 Å². The number of anilines is 1. The first kappa shape index (κ1) is 16.4. The number of para-hydroxylation sites is 1. The van der Waals surface area contributed by atoms with E-state index in [4.69, 9.17) is 0 Å². The lowest BCUT2D eigenvalue weighted by Gasteiger charge is -2.22. The van der Waals surface area contributed by atoms with Crippen molar-refractivity contribution < 1.29 is 4.55 Å². The van der Waals surface area contributed by atoms with Gasteiger partial charge in [0.2, 0.25) is 0 Å². The van der Waals surface area contributed by atoms with Crippen molar-refractivity contribution in [3.63, 3.8) is 0 Å². The number of aryl methyl sites for hydroxylation is 2. The van der Waals surface area contributed by atoms with E-state index in [-0.39, 0.29) is 0 Å². The number of hydrogen-bond acceptors (Lipinski definition) is 2. The molecule has 1 aliphatic carbocycles. The summed E-state index contributed by atoms with van der Waals surface area (Å²) in [7, 11) is 0. The van der Waals surface area contributed by atoms with Crippen molar-refractivity contribution in [2.24, 2.45) is 0 Å². The molecule has 122 valence electrons. The predicted molar refractivity (Wildman–Crippen MR) is 98.2 cm³/mol. The quantitative estimate of drug-likeness (QED) is 0.754. The van der Waals surface area contributed by atoms with Gasteiger partial charge in [-0.2, -0.15) is 0 Å². The van der Waals surface area contributed by atoms with Gasteiger partial charge in [0.1, 0.15) is 11.4 Å². The van der Waals surface area contributed by atoms with Crippen LogP contribution in [0, 0.1) is 13.8 Å². The summed E-state index contributed by atoms with van der Waals surface area (Å²) in [4.78, 5) is 0.840. The Bertz CT molecular complexity index is 627. The van der Waals surface area contributed by atoms with Crippen LogP contribution in [0.15, 0.2) is 47.4 Å². The van der Waals surface area contributed by atoms with Crippen molar-refractivity contribution in [1.82, 2.24) is 0 Å². The van der Waals surface area contributed by atoms with E-state index < -0.39 is 11.4 Å². The molecule has 0 bridgehead atoms. The third kappa shape index (κ3) is 3.91. The van der Waals surface area contributed by atoms with Gasteiger partial charge in [-0.15, -0.1) is 0 Å². The zero-order valence-electron chi connectivity index (χ0n) is 14.0. The smallest absolute Gasteiger partial charge is 0.179 e. The number of rotatable bonds is 4. The fraction of sp³-hybridized carbons (Fsp3) is 0.400. The molecular weight excluding hydrogens is 302 g/mol. The summed E-state index contributed by atoms with van der Waals surface area (Å²) in [5, 5.41) is 0. The zero-order chi connectivity index (χ0) is 16.2. The molecule has 0 heterocycles. The summed E-state index contributed by atoms with van der Waals surface area (Å²) in [5.41, 5.74) is 4.62. The summed E-state index contributed by atoms with van der Waals surface area (Å²) in [5.74, 6) is 0.692. The molecule has 2 aromatic rings. The average Bonchev–Trinajstić information content (AvgIpc) is 2.59. The first-order valence-electron chi connectivity index (χ1n) is 8.50. The van der Waals surface area contributed by atoms with Crippen molar-refractivity contribution in [1.29, 1.82) is 0 Å². The van der Waals surface area contributed by atoms with Crippen molar-refractivity contribution in [3.8, 4) is 0 Å². The monoisotopic (exact) mass is 327 g/mol. The van der Waals surface area contributed by atoms with Gasteiger partial charge in [0, 0.05) is 0 Å². The highest BCUT2D eigenvalue weighted by molar-refractivity contribution is 7.92. The van der Waals surface area contributed by atoms with Crippen LogP contribution < -0.4 is 4.72 Å². The maximum Gasteiger partial charge on any atom is 0.179 e. The molecule has 0 unspecified atom stereocenters. The van der Waals surface area contributed by atoms with Crippen LogP contribution in [-0.2, 0) is 11.4 Å². The standard InChI is InChI=1S/C20H25NOS/c1-15-7-6-8-16(2)20(15)21-23(22)19-13-11-18(12-14-19)17-9-4-3-5-10-17/h6-8,11-14,17,21H,3-5,9-10H2,1-2H3/t23-/m0/s1. The van der Waals surface area contributed by atoms with Crippen molar-refractivity contribution in [2.45, 2.75) is 56.8 Å². The molecule has 1 aliphatic rings. The molecule has 0 aliphatic heterocycles. The van der Waals surface area contributed by atoms with Gasteiger partial charge in [0.15, 0.2) is 4.90 Å². The largest absolute Gasteiger partial charge is 0.588 e. The third-order valence-electron chi connectivity index (χ3n) is 4.85. The molecule has 0 saturated heterocycles. The fourth-order valence-corrected chi connectivity index (χ4v) is 4.44. The second-order valence-electron chi connectivity index (χ2n) is 6.54. The van der Waals surface area contributed by atoms with Gasteiger partial charge in [-0.3, -0.25) is 0 Å². The lowest BCUT2D eigenvalue weighted by molar-refractivity contribution is 0.443. The van der Waals surface area contributed by atoms with Gasteiger partial charge >= 0.3 is 0 Å². The third-order valence-corrected chi connectivity index (χ3v) is 5.94. The van der Waals surface area contributed by atoms with Crippen LogP contribution in [0.2, 0.25) is 0 Å². The van der Waals surface area contributed by atoms with E-state index >= 15 is 0 Å². The fourth-order valence-electron chi connectivity index (χ4n) is 3.43. The molecule has 3 heteroatoms. The molecule has 0 spiro atoms. The van der Waals surface area contributed by atoms with Crippen LogP contribution in [0.3, 0.4) is 0 Å². The van der Waals surface area contributed by atoms with E-state index in [1.54, 1.807) is 0 Å². The van der Waals surface area contributed by atoms with Gasteiger partial charge in [-0.05, 0) is 61.4 Å². The Hall–Kier alpha value is -1.45. The topological polar surface area (TPSA) is 35.1 Å². The molecule has 1 N–H and O–H groups in total. The Labute approximate surface area is 142 Å². The molecule has 0 radical (unpaired) electrons. The van der Waals surface area contributed by atoms with Crippen LogP contribution in [0.25, 0.3) is 0 Å². The van der Waals surface area contributed by atoms with Crippen molar-refractivity contribution in [3.05, 3.63) is 59.2 Å². The molecule has 1 atom stereocenters. The summed E-state index contributed by atoms with van der Waals surface area (Å²) >= 11 is -1.22. The van der Waals surface area contributed by atoms with Crippen LogP contribution in [0.5, 0.6) is 0 Å². The molecule has 2 nitrogen and oxygen atoms in total. The number of hydrogen-bond donors (Lipinski definition) is 1. The maximum absolute atomic E-state index is 12.6. The van der Waals surface area contributed by atoms with Crippen LogP contribution >= 0.6 is 0 Å². The van der Waals surface area contributed by atoms with Gasteiger partial charge in [0.25, 0.3) is 0 Å². The lowest BCUT2D eigenvalue weighted by atomic mass is 9.84. The average molecular weight is 327 g/mol. The lowest BCUT2D eigenvalue weighted by Crippen LogP contribution is -2.15. The van der Waals surface area contributed by atoms with Gasteiger partial charge in [-0.25, -0.2) is 4.72 Å². The Morgan fingerprint density at radius 2 is 1.52 bits per heavy atom. The molecular formula is C20H25NOS. The van der Waals surface area contributed by atoms with E-state index in [9.17, 15) is 4.55 Å². The number of benzene rings is 2. The molecule has 1 fully saturated rings. The van der Waals surface area contributed by atoms with E-state index in [1.807, 2.05) is 44.2 Å². The highest BCUT2D eigenvalue weighted by atomic mass is 32.2. The first-order valence-corrected chi connectivity index (χ1v) is 9.65. The van der Waals surface area contributed by atoms with Gasteiger partial charge in [-0.1, -0.05) is 49.6 Å². The molecule has 1 saturated carbocycles. The Kier molecular flexibility index (Phi) is 5.29. The maximum atomic E-state index is 12.6. The summed E-state index contributed by atoms with van der Waals surface area (Å²) in [6.07, 6.45) is 6.64. The minimum absolute atomic E-state index is 0.692. The Morgan fingerprint density at radius 1 is 0.913 bits per heavy atom. The molecule has 3 rings (SSSR count). The zero-order valence-corrected chi connectivity index (χ0v) is 14.8. The molecule has 2 aromatic carbocycles. The number of nitrogens with one attached hydrogen (secondary N) is 1. The highest BCUT2D eigenvalue weighted by Gasteiger charge is 2.18. The normalized spacial score (nSPS) is 17.0. The van der Waals surface area contributed by atoms with E-state index in [0.717, 1.165) is 21.7 Å². The second-order valence-corrected chi connectivity index (χ2v) is 7.75. The minimum Gasteiger partial charge on any atom is -0.588 e. The SMILES string of the molecule is Cc1cccc(C)c1N[S@@+]([O-])c1ccc(C2CCCCC2)cc1. The summed E-state index contributed by atoms with van der Waals surface area (Å²) < 4.78 is 15.8. The Morgan fingerprint density at radius 3 is 2.13 bits per heavy atom. The van der Waals surface area contributed by atoms with E-state index in [0.29, 0.717) is 5.92 Å².